The number of hydrogen-bond acceptors (Lipinski definition) is 6. The molecule has 2 heterocycles. The van der Waals surface area contributed by atoms with E-state index in [9.17, 15) is 10.1 Å². The summed E-state index contributed by atoms with van der Waals surface area (Å²) < 4.78 is 0. The van der Waals surface area contributed by atoms with Gasteiger partial charge < -0.3 is 5.32 Å². The Morgan fingerprint density at radius 3 is 3.08 bits per heavy atom. The van der Waals surface area contributed by atoms with Crippen molar-refractivity contribution in [2.45, 2.75) is 26.2 Å². The number of non-ortho nitro benzene ring substituents is 1. The van der Waals surface area contributed by atoms with Crippen LogP contribution in [0.4, 0.5) is 17.2 Å². The van der Waals surface area contributed by atoms with Crippen LogP contribution in [0.15, 0.2) is 30.6 Å². The van der Waals surface area contributed by atoms with Gasteiger partial charge in [0.15, 0.2) is 0 Å². The Hall–Kier alpha value is -2.54. The van der Waals surface area contributed by atoms with Crippen LogP contribution in [0.3, 0.4) is 0 Å². The van der Waals surface area contributed by atoms with Gasteiger partial charge in [0.2, 0.25) is 0 Å². The summed E-state index contributed by atoms with van der Waals surface area (Å²) in [5.74, 6) is 1.38. The number of aromatic nitrogens is 2. The average Bonchev–Trinajstić information content (AvgIpc) is 2.94. The van der Waals surface area contributed by atoms with Gasteiger partial charge in [0.05, 0.1) is 10.3 Å². The van der Waals surface area contributed by atoms with Crippen LogP contribution in [0.5, 0.6) is 0 Å². The number of nitrogens with zero attached hydrogens (tertiary/aromatic N) is 3. The summed E-state index contributed by atoms with van der Waals surface area (Å²) in [6.45, 7) is 2.27. The van der Waals surface area contributed by atoms with Crippen LogP contribution < -0.4 is 5.32 Å². The van der Waals surface area contributed by atoms with E-state index in [1.54, 1.807) is 23.7 Å². The first-order valence-corrected chi connectivity index (χ1v) is 8.70. The van der Waals surface area contributed by atoms with Crippen molar-refractivity contribution in [3.8, 4) is 0 Å². The maximum absolute atomic E-state index is 11.0. The number of nitro benzene ring substituents is 1. The van der Waals surface area contributed by atoms with Crippen LogP contribution >= 0.6 is 11.3 Å². The van der Waals surface area contributed by atoms with E-state index in [1.165, 1.54) is 29.0 Å². The van der Waals surface area contributed by atoms with E-state index in [2.05, 4.69) is 22.2 Å². The molecule has 0 fully saturated rings. The normalized spacial score (nSPS) is 16.8. The molecule has 0 radical (unpaired) electrons. The van der Waals surface area contributed by atoms with Gasteiger partial charge in [0.1, 0.15) is 17.0 Å². The monoisotopic (exact) mass is 340 g/mol. The second-order valence-corrected chi connectivity index (χ2v) is 7.27. The van der Waals surface area contributed by atoms with Crippen LogP contribution in [-0.4, -0.2) is 14.9 Å². The molecule has 3 aromatic rings. The molecule has 0 amide bonds. The Kier molecular flexibility index (Phi) is 3.65. The summed E-state index contributed by atoms with van der Waals surface area (Å²) in [6.07, 6.45) is 4.88. The summed E-state index contributed by atoms with van der Waals surface area (Å²) >= 11 is 1.74. The van der Waals surface area contributed by atoms with Gasteiger partial charge in [-0.1, -0.05) is 13.0 Å². The third-order valence-corrected chi connectivity index (χ3v) is 5.61. The summed E-state index contributed by atoms with van der Waals surface area (Å²) in [6, 6.07) is 6.48. The van der Waals surface area contributed by atoms with Crippen molar-refractivity contribution in [2.24, 2.45) is 5.92 Å². The molecule has 0 saturated carbocycles. The van der Waals surface area contributed by atoms with Gasteiger partial charge in [0.25, 0.3) is 5.69 Å². The lowest BCUT2D eigenvalue weighted by Gasteiger charge is -2.18. The molecule has 4 rings (SSSR count). The molecule has 1 atom stereocenters. The summed E-state index contributed by atoms with van der Waals surface area (Å²) in [7, 11) is 0. The van der Waals surface area contributed by atoms with Gasteiger partial charge in [-0.3, -0.25) is 10.1 Å². The van der Waals surface area contributed by atoms with E-state index in [-0.39, 0.29) is 5.69 Å². The Morgan fingerprint density at radius 1 is 1.38 bits per heavy atom. The van der Waals surface area contributed by atoms with E-state index >= 15 is 0 Å². The maximum Gasteiger partial charge on any atom is 0.271 e. The molecule has 7 heteroatoms. The molecule has 0 bridgehead atoms. The highest BCUT2D eigenvalue weighted by atomic mass is 32.1. The predicted molar refractivity (Wildman–Crippen MR) is 95.0 cm³/mol. The Morgan fingerprint density at radius 2 is 2.25 bits per heavy atom. The minimum atomic E-state index is -0.394. The molecule has 24 heavy (non-hydrogen) atoms. The highest BCUT2D eigenvalue weighted by molar-refractivity contribution is 7.19. The van der Waals surface area contributed by atoms with Crippen molar-refractivity contribution in [3.05, 3.63) is 51.1 Å². The molecule has 122 valence electrons. The third kappa shape index (κ3) is 2.60. The van der Waals surface area contributed by atoms with E-state index in [0.29, 0.717) is 11.6 Å². The Bertz CT molecular complexity index is 937. The summed E-state index contributed by atoms with van der Waals surface area (Å²) in [5, 5.41) is 15.3. The lowest BCUT2D eigenvalue weighted by molar-refractivity contribution is -0.384. The fourth-order valence-electron chi connectivity index (χ4n) is 3.21. The predicted octanol–water partition coefficient (Wildman–Crippen LogP) is 4.47. The SMILES string of the molecule is CC1CCc2sc3ncnc(Nc4cccc([N+](=O)[O-])c4)c3c2C1. The van der Waals surface area contributed by atoms with Gasteiger partial charge in [-0.15, -0.1) is 11.3 Å². The van der Waals surface area contributed by atoms with Gasteiger partial charge >= 0.3 is 0 Å². The molecule has 0 spiro atoms. The smallest absolute Gasteiger partial charge is 0.271 e. The van der Waals surface area contributed by atoms with Crippen LogP contribution in [0.1, 0.15) is 23.8 Å². The van der Waals surface area contributed by atoms with E-state index < -0.39 is 4.92 Å². The number of thiophene rings is 1. The second kappa shape index (κ2) is 5.83. The van der Waals surface area contributed by atoms with Crippen molar-refractivity contribution in [1.82, 2.24) is 9.97 Å². The number of nitrogens with one attached hydrogen (secondary N) is 1. The molecule has 1 unspecified atom stereocenters. The number of rotatable bonds is 3. The molecule has 2 aromatic heterocycles. The molecular weight excluding hydrogens is 324 g/mol. The third-order valence-electron chi connectivity index (χ3n) is 4.41. The number of benzene rings is 1. The molecule has 1 aliphatic rings. The molecule has 6 nitrogen and oxygen atoms in total. The van der Waals surface area contributed by atoms with Gasteiger partial charge in [-0.2, -0.15) is 0 Å². The maximum atomic E-state index is 11.0. The summed E-state index contributed by atoms with van der Waals surface area (Å²) in [4.78, 5) is 21.8. The van der Waals surface area contributed by atoms with Crippen molar-refractivity contribution in [2.75, 3.05) is 5.32 Å². The van der Waals surface area contributed by atoms with Crippen molar-refractivity contribution < 1.29 is 4.92 Å². The lowest BCUT2D eigenvalue weighted by Crippen LogP contribution is -2.09. The zero-order valence-electron chi connectivity index (χ0n) is 13.2. The fraction of sp³-hybridized carbons (Fsp3) is 0.294. The molecular formula is C17H16N4O2S. The first kappa shape index (κ1) is 15.0. The number of hydrogen-bond donors (Lipinski definition) is 1. The van der Waals surface area contributed by atoms with Crippen LogP contribution in [-0.2, 0) is 12.8 Å². The van der Waals surface area contributed by atoms with Crippen molar-refractivity contribution in [3.63, 3.8) is 0 Å². The topological polar surface area (TPSA) is 81.0 Å². The zero-order valence-corrected chi connectivity index (χ0v) is 14.0. The van der Waals surface area contributed by atoms with E-state index in [1.807, 2.05) is 6.07 Å². The van der Waals surface area contributed by atoms with Gasteiger partial charge in [0, 0.05) is 22.7 Å². The second-order valence-electron chi connectivity index (χ2n) is 6.19. The van der Waals surface area contributed by atoms with Crippen LogP contribution in [0.2, 0.25) is 0 Å². The average molecular weight is 340 g/mol. The van der Waals surface area contributed by atoms with E-state index in [4.69, 9.17) is 0 Å². The molecule has 0 aliphatic heterocycles. The number of anilines is 2. The molecule has 1 aliphatic carbocycles. The number of nitro groups is 1. The fourth-order valence-corrected chi connectivity index (χ4v) is 4.39. The van der Waals surface area contributed by atoms with Crippen molar-refractivity contribution >= 4 is 38.7 Å². The van der Waals surface area contributed by atoms with Gasteiger partial charge in [-0.05, 0) is 36.8 Å². The highest BCUT2D eigenvalue weighted by Crippen LogP contribution is 2.40. The molecule has 1 aromatic carbocycles. The highest BCUT2D eigenvalue weighted by Gasteiger charge is 2.23. The van der Waals surface area contributed by atoms with E-state index in [0.717, 1.165) is 28.9 Å². The van der Waals surface area contributed by atoms with Crippen molar-refractivity contribution in [1.29, 1.82) is 0 Å². The largest absolute Gasteiger partial charge is 0.339 e. The first-order valence-electron chi connectivity index (χ1n) is 7.88. The number of fused-ring (bicyclic) bond motifs is 3. The molecule has 1 N–H and O–H groups in total. The van der Waals surface area contributed by atoms with Crippen LogP contribution in [0, 0.1) is 16.0 Å². The summed E-state index contributed by atoms with van der Waals surface area (Å²) in [5.41, 5.74) is 2.06. The quantitative estimate of drug-likeness (QED) is 0.562. The van der Waals surface area contributed by atoms with Gasteiger partial charge in [-0.25, -0.2) is 9.97 Å². The lowest BCUT2D eigenvalue weighted by atomic mass is 9.88. The zero-order chi connectivity index (χ0) is 16.7. The Labute approximate surface area is 142 Å². The molecule has 0 saturated heterocycles. The minimum absolute atomic E-state index is 0.0614. The Balaban J connectivity index is 1.78. The number of aryl methyl sites for hydroxylation is 1. The standard InChI is InChI=1S/C17H16N4O2S/c1-10-5-6-14-13(7-10)15-16(18-9-19-17(15)24-14)20-11-3-2-4-12(8-11)21(22)23/h2-4,8-10H,5-7H2,1H3,(H,18,19,20). The first-order chi connectivity index (χ1) is 11.6. The minimum Gasteiger partial charge on any atom is -0.339 e. The van der Waals surface area contributed by atoms with Crippen LogP contribution in [0.25, 0.3) is 10.2 Å².